The highest BCUT2D eigenvalue weighted by atomic mass is 32.1. The van der Waals surface area contributed by atoms with Gasteiger partial charge in [-0.15, -0.1) is 11.3 Å². The quantitative estimate of drug-likeness (QED) is 0.484. The minimum Gasteiger partial charge on any atom is -0.504 e. The summed E-state index contributed by atoms with van der Waals surface area (Å²) in [5.74, 6) is 0.363. The first-order valence-corrected chi connectivity index (χ1v) is 9.65. The van der Waals surface area contributed by atoms with Crippen LogP contribution in [0, 0.1) is 20.8 Å². The summed E-state index contributed by atoms with van der Waals surface area (Å²) >= 11 is 1.40. The number of aromatic hydroxyl groups is 1. The topological polar surface area (TPSA) is 71.8 Å². The van der Waals surface area contributed by atoms with Crippen molar-refractivity contribution in [2.75, 3.05) is 13.7 Å². The molecule has 0 saturated carbocycles. The number of rotatable bonds is 6. The lowest BCUT2D eigenvalue weighted by molar-refractivity contribution is 0.100. The first kappa shape index (κ1) is 19.8. The zero-order chi connectivity index (χ0) is 20.3. The summed E-state index contributed by atoms with van der Waals surface area (Å²) in [7, 11) is 1.49. The van der Waals surface area contributed by atoms with Crippen LogP contribution in [0.1, 0.15) is 32.1 Å². The fraction of sp³-hybridized carbons (Fsp3) is 0.227. The average molecular weight is 394 g/mol. The molecular weight excluding hydrogens is 372 g/mol. The third-order valence-corrected chi connectivity index (χ3v) is 5.57. The summed E-state index contributed by atoms with van der Waals surface area (Å²) in [4.78, 5) is 22.0. The third kappa shape index (κ3) is 4.28. The molecule has 0 aliphatic carbocycles. The Bertz CT molecular complexity index is 1050. The largest absolute Gasteiger partial charge is 0.504 e. The fourth-order valence-corrected chi connectivity index (χ4v) is 4.00. The molecule has 0 atom stereocenters. The highest BCUT2D eigenvalue weighted by Gasteiger charge is 2.16. The summed E-state index contributed by atoms with van der Waals surface area (Å²) in [6.07, 6.45) is 1.57. The Hall–Kier alpha value is -2.99. The van der Waals surface area contributed by atoms with Crippen molar-refractivity contribution in [3.63, 3.8) is 0 Å². The normalized spacial score (nSPS) is 11.1. The van der Waals surface area contributed by atoms with Crippen molar-refractivity contribution in [2.45, 2.75) is 20.8 Å². The van der Waals surface area contributed by atoms with Gasteiger partial charge in [-0.25, -0.2) is 4.98 Å². The number of ketones is 1. The van der Waals surface area contributed by atoms with E-state index >= 15 is 0 Å². The molecule has 1 heterocycles. The molecule has 1 N–H and O–H groups in total. The molecule has 0 radical (unpaired) electrons. The molecular formula is C22H22N2O3S. The van der Waals surface area contributed by atoms with Crippen molar-refractivity contribution in [3.05, 3.63) is 63.7 Å². The maximum atomic E-state index is 12.6. The Morgan fingerprint density at radius 2 is 2.00 bits per heavy atom. The number of hydrogen-bond acceptors (Lipinski definition) is 6. The van der Waals surface area contributed by atoms with Crippen molar-refractivity contribution in [3.8, 4) is 22.1 Å². The number of aryl methyl sites for hydroxylation is 3. The second kappa shape index (κ2) is 8.35. The lowest BCUT2D eigenvalue weighted by atomic mass is 10.1. The van der Waals surface area contributed by atoms with Gasteiger partial charge in [0.05, 0.1) is 17.7 Å². The number of methoxy groups -OCH3 is 1. The van der Waals surface area contributed by atoms with Gasteiger partial charge in [-0.3, -0.25) is 9.79 Å². The highest BCUT2D eigenvalue weighted by Crippen LogP contribution is 2.31. The van der Waals surface area contributed by atoms with Crippen LogP contribution in [0.15, 0.2) is 41.4 Å². The number of Topliss-reactive ketones (excluding diaryl/α,β-unsaturated/α-hetero) is 1. The van der Waals surface area contributed by atoms with Crippen LogP contribution in [0.5, 0.6) is 11.5 Å². The number of ether oxygens (including phenoxy) is 1. The fourth-order valence-electron chi connectivity index (χ4n) is 2.92. The van der Waals surface area contributed by atoms with Crippen LogP contribution in [0.3, 0.4) is 0 Å². The summed E-state index contributed by atoms with van der Waals surface area (Å²) in [6, 6.07) is 11.2. The number of aromatic nitrogens is 1. The SMILES string of the molecule is COc1ccc(C=NCC(=O)c2sc(-c3ccc(C)cc3C)nc2C)cc1O. The molecule has 0 amide bonds. The predicted molar refractivity (Wildman–Crippen MR) is 113 cm³/mol. The molecule has 0 unspecified atom stereocenters. The Morgan fingerprint density at radius 1 is 1.21 bits per heavy atom. The number of carbonyl (C=O) groups is 1. The van der Waals surface area contributed by atoms with Crippen LogP contribution in [0.2, 0.25) is 0 Å². The molecule has 3 aromatic rings. The van der Waals surface area contributed by atoms with Crippen LogP contribution < -0.4 is 4.74 Å². The minimum atomic E-state index is -0.0694. The first-order valence-electron chi connectivity index (χ1n) is 8.84. The highest BCUT2D eigenvalue weighted by molar-refractivity contribution is 7.17. The Morgan fingerprint density at radius 3 is 2.68 bits per heavy atom. The first-order chi connectivity index (χ1) is 13.4. The molecule has 3 rings (SSSR count). The summed E-state index contributed by atoms with van der Waals surface area (Å²) in [5.41, 5.74) is 4.81. The summed E-state index contributed by atoms with van der Waals surface area (Å²) in [6.45, 7) is 5.98. The van der Waals surface area contributed by atoms with Gasteiger partial charge in [0, 0.05) is 11.8 Å². The number of phenols is 1. The monoisotopic (exact) mass is 394 g/mol. The second-order valence-corrected chi connectivity index (χ2v) is 7.58. The average Bonchev–Trinajstić information content (AvgIpc) is 3.03. The number of nitrogens with zero attached hydrogens (tertiary/aromatic N) is 2. The number of benzene rings is 2. The molecule has 1 aromatic heterocycles. The molecule has 5 nitrogen and oxygen atoms in total. The number of phenolic OH excluding ortho intramolecular Hbond substituents is 1. The third-order valence-electron chi connectivity index (χ3n) is 4.34. The van der Waals surface area contributed by atoms with Crippen molar-refractivity contribution < 1.29 is 14.6 Å². The van der Waals surface area contributed by atoms with E-state index < -0.39 is 0 Å². The van der Waals surface area contributed by atoms with E-state index in [9.17, 15) is 9.90 Å². The maximum Gasteiger partial charge on any atom is 0.196 e. The van der Waals surface area contributed by atoms with E-state index in [0.29, 0.717) is 16.2 Å². The summed E-state index contributed by atoms with van der Waals surface area (Å²) in [5, 5.41) is 10.7. The lowest BCUT2D eigenvalue weighted by Crippen LogP contribution is -2.03. The van der Waals surface area contributed by atoms with E-state index in [4.69, 9.17) is 4.74 Å². The molecule has 144 valence electrons. The van der Waals surface area contributed by atoms with Gasteiger partial charge in [0.1, 0.15) is 11.6 Å². The number of thiazole rings is 1. The van der Waals surface area contributed by atoms with E-state index in [1.807, 2.05) is 13.0 Å². The van der Waals surface area contributed by atoms with Crippen LogP contribution in [-0.2, 0) is 0 Å². The summed E-state index contributed by atoms with van der Waals surface area (Å²) < 4.78 is 5.01. The molecule has 0 saturated heterocycles. The van der Waals surface area contributed by atoms with Gasteiger partial charge in [-0.1, -0.05) is 23.8 Å². The van der Waals surface area contributed by atoms with Crippen molar-refractivity contribution >= 4 is 23.3 Å². The van der Waals surface area contributed by atoms with Crippen molar-refractivity contribution in [1.82, 2.24) is 4.98 Å². The smallest absolute Gasteiger partial charge is 0.196 e. The molecule has 2 aromatic carbocycles. The van der Waals surface area contributed by atoms with Crippen LogP contribution >= 0.6 is 11.3 Å². The van der Waals surface area contributed by atoms with Gasteiger partial charge in [0.25, 0.3) is 0 Å². The molecule has 0 fully saturated rings. The number of carbonyl (C=O) groups excluding carboxylic acids is 1. The van der Waals surface area contributed by atoms with Gasteiger partial charge in [-0.05, 0) is 50.1 Å². The van der Waals surface area contributed by atoms with Gasteiger partial charge in [-0.2, -0.15) is 0 Å². The Kier molecular flexibility index (Phi) is 5.90. The van der Waals surface area contributed by atoms with Gasteiger partial charge in [0.15, 0.2) is 17.3 Å². The van der Waals surface area contributed by atoms with Crippen molar-refractivity contribution in [2.24, 2.45) is 4.99 Å². The molecule has 6 heteroatoms. The van der Waals surface area contributed by atoms with Crippen LogP contribution in [0.25, 0.3) is 10.6 Å². The van der Waals surface area contributed by atoms with Gasteiger partial charge in [0.2, 0.25) is 0 Å². The zero-order valence-electron chi connectivity index (χ0n) is 16.3. The van der Waals surface area contributed by atoms with E-state index in [2.05, 4.69) is 36.0 Å². The number of hydrogen-bond donors (Lipinski definition) is 1. The van der Waals surface area contributed by atoms with Crippen molar-refractivity contribution in [1.29, 1.82) is 0 Å². The van der Waals surface area contributed by atoms with E-state index in [1.165, 1.54) is 24.0 Å². The molecule has 0 aliphatic heterocycles. The lowest BCUT2D eigenvalue weighted by Gasteiger charge is -2.03. The molecule has 0 aliphatic rings. The minimum absolute atomic E-state index is 0.0299. The maximum absolute atomic E-state index is 12.6. The van der Waals surface area contributed by atoms with E-state index in [-0.39, 0.29) is 18.1 Å². The Labute approximate surface area is 168 Å². The van der Waals surface area contributed by atoms with Gasteiger partial charge >= 0.3 is 0 Å². The molecule has 0 bridgehead atoms. The Balaban J connectivity index is 1.74. The molecule has 0 spiro atoms. The zero-order valence-corrected chi connectivity index (χ0v) is 17.1. The molecule has 28 heavy (non-hydrogen) atoms. The second-order valence-electron chi connectivity index (χ2n) is 6.58. The standard InChI is InChI=1S/C22H22N2O3S/c1-13-5-7-17(14(2)9-13)22-24-15(3)21(28-22)19(26)12-23-11-16-6-8-20(27-4)18(25)10-16/h5-11,25H,12H2,1-4H3. The van der Waals surface area contributed by atoms with Gasteiger partial charge < -0.3 is 9.84 Å². The number of aliphatic imine (C=N–C) groups is 1. The van der Waals surface area contributed by atoms with E-state index in [0.717, 1.165) is 21.8 Å². The van der Waals surface area contributed by atoms with E-state index in [1.54, 1.807) is 24.4 Å². The van der Waals surface area contributed by atoms with Crippen LogP contribution in [0.4, 0.5) is 0 Å². The predicted octanol–water partition coefficient (Wildman–Crippen LogP) is 4.75. The van der Waals surface area contributed by atoms with Crippen LogP contribution in [-0.4, -0.2) is 35.7 Å².